The van der Waals surface area contributed by atoms with E-state index in [1.165, 1.54) is 6.07 Å². The highest BCUT2D eigenvalue weighted by Crippen LogP contribution is 2.32. The Kier molecular flexibility index (Phi) is 3.64. The van der Waals surface area contributed by atoms with E-state index in [2.05, 4.69) is 4.85 Å². The van der Waals surface area contributed by atoms with Crippen molar-refractivity contribution >= 4 is 0 Å². The summed E-state index contributed by atoms with van der Waals surface area (Å²) < 4.78 is 25.6. The van der Waals surface area contributed by atoms with Gasteiger partial charge >= 0.3 is 0 Å². The highest BCUT2D eigenvalue weighted by atomic mass is 19.3. The smallest absolute Gasteiger partial charge is 0.264 e. The van der Waals surface area contributed by atoms with Crippen molar-refractivity contribution in [1.82, 2.24) is 0 Å². The fraction of sp³-hybridized carbons (Fsp3) is 0.462. The van der Waals surface area contributed by atoms with Crippen LogP contribution in [0.4, 0.5) is 8.78 Å². The topological polar surface area (TPSA) is 4.36 Å². The van der Waals surface area contributed by atoms with Crippen LogP contribution in [0.15, 0.2) is 18.2 Å². The van der Waals surface area contributed by atoms with Crippen molar-refractivity contribution in [3.63, 3.8) is 0 Å². The normalized spacial score (nSPS) is 11.6. The van der Waals surface area contributed by atoms with E-state index in [0.717, 1.165) is 5.56 Å². The van der Waals surface area contributed by atoms with E-state index in [1.807, 2.05) is 26.8 Å². The average molecular weight is 223 g/mol. The molecular weight excluding hydrogens is 208 g/mol. The number of halogens is 2. The Labute approximate surface area is 94.9 Å². The van der Waals surface area contributed by atoms with E-state index in [9.17, 15) is 8.78 Å². The summed E-state index contributed by atoms with van der Waals surface area (Å²) in [6, 6.07) is 4.86. The van der Waals surface area contributed by atoms with Gasteiger partial charge in [0.15, 0.2) is 0 Å². The van der Waals surface area contributed by atoms with Gasteiger partial charge in [-0.3, -0.25) is 0 Å². The second-order valence-corrected chi connectivity index (χ2v) is 4.74. The van der Waals surface area contributed by atoms with E-state index in [4.69, 9.17) is 6.57 Å². The van der Waals surface area contributed by atoms with Crippen LogP contribution in [0.25, 0.3) is 4.85 Å². The Balaban J connectivity index is 3.40. The average Bonchev–Trinajstić information content (AvgIpc) is 2.16. The molecule has 1 rings (SSSR count). The summed E-state index contributed by atoms with van der Waals surface area (Å²) in [5, 5.41) is 0. The lowest BCUT2D eigenvalue weighted by atomic mass is 9.82. The molecule has 0 aliphatic carbocycles. The Morgan fingerprint density at radius 1 is 1.31 bits per heavy atom. The molecular formula is C13H15F2N. The highest BCUT2D eigenvalue weighted by Gasteiger charge is 2.24. The standard InChI is InChI=1S/C13H15F2N/c1-13(2,3)11-7-5-6-9(12(14)15)10(11)8-16-4/h5-7,12H,8H2,1-3H3. The Hall–Kier alpha value is -1.43. The molecule has 0 fully saturated rings. The number of hydrogen-bond acceptors (Lipinski definition) is 0. The van der Waals surface area contributed by atoms with Crippen LogP contribution in [0.3, 0.4) is 0 Å². The van der Waals surface area contributed by atoms with Gasteiger partial charge in [-0.1, -0.05) is 39.0 Å². The first kappa shape index (κ1) is 12.6. The molecule has 0 saturated carbocycles. The fourth-order valence-electron chi connectivity index (χ4n) is 1.77. The van der Waals surface area contributed by atoms with E-state index in [-0.39, 0.29) is 17.5 Å². The van der Waals surface area contributed by atoms with Gasteiger partial charge in [-0.05, 0) is 11.0 Å². The van der Waals surface area contributed by atoms with Crippen molar-refractivity contribution in [2.45, 2.75) is 39.2 Å². The Bertz CT molecular complexity index is 411. The number of alkyl halides is 2. The summed E-state index contributed by atoms with van der Waals surface area (Å²) in [4.78, 5) is 3.24. The molecule has 0 bridgehead atoms. The molecule has 0 spiro atoms. The zero-order valence-corrected chi connectivity index (χ0v) is 9.72. The van der Waals surface area contributed by atoms with Gasteiger partial charge in [-0.25, -0.2) is 15.4 Å². The van der Waals surface area contributed by atoms with Crippen LogP contribution in [-0.2, 0) is 12.0 Å². The largest absolute Gasteiger partial charge is 0.312 e. The third-order valence-corrected chi connectivity index (χ3v) is 2.49. The predicted molar refractivity (Wildman–Crippen MR) is 60.4 cm³/mol. The lowest BCUT2D eigenvalue weighted by Crippen LogP contribution is -2.15. The summed E-state index contributed by atoms with van der Waals surface area (Å²) in [6.45, 7) is 12.8. The van der Waals surface area contributed by atoms with Crippen LogP contribution in [0, 0.1) is 6.57 Å². The van der Waals surface area contributed by atoms with Gasteiger partial charge < -0.3 is 4.85 Å². The van der Waals surface area contributed by atoms with Crippen LogP contribution >= 0.6 is 0 Å². The second-order valence-electron chi connectivity index (χ2n) is 4.74. The summed E-state index contributed by atoms with van der Waals surface area (Å²) in [5.74, 6) is 0. The van der Waals surface area contributed by atoms with Gasteiger partial charge in [0.25, 0.3) is 6.43 Å². The lowest BCUT2D eigenvalue weighted by molar-refractivity contribution is 0.150. The van der Waals surface area contributed by atoms with Gasteiger partial charge in [0.2, 0.25) is 6.54 Å². The van der Waals surface area contributed by atoms with Crippen LogP contribution in [0.1, 0.15) is 43.9 Å². The van der Waals surface area contributed by atoms with E-state index in [1.54, 1.807) is 6.07 Å². The van der Waals surface area contributed by atoms with E-state index < -0.39 is 6.43 Å². The van der Waals surface area contributed by atoms with Crippen molar-refractivity contribution in [1.29, 1.82) is 0 Å². The summed E-state index contributed by atoms with van der Waals surface area (Å²) in [5.41, 5.74) is 1.09. The van der Waals surface area contributed by atoms with Gasteiger partial charge in [-0.2, -0.15) is 0 Å². The molecule has 0 aliphatic heterocycles. The molecule has 3 heteroatoms. The number of benzene rings is 1. The lowest BCUT2D eigenvalue weighted by Gasteiger charge is -2.22. The molecule has 1 aromatic rings. The number of hydrogen-bond donors (Lipinski definition) is 0. The van der Waals surface area contributed by atoms with Gasteiger partial charge in [0.05, 0.1) is 0 Å². The molecule has 0 amide bonds. The molecule has 0 saturated heterocycles. The quantitative estimate of drug-likeness (QED) is 0.657. The minimum absolute atomic E-state index is 0.0107. The van der Waals surface area contributed by atoms with Crippen molar-refractivity contribution in [2.24, 2.45) is 0 Å². The predicted octanol–water partition coefficient (Wildman–Crippen LogP) is 4.34. The monoisotopic (exact) mass is 223 g/mol. The van der Waals surface area contributed by atoms with Crippen molar-refractivity contribution < 1.29 is 8.78 Å². The molecule has 1 nitrogen and oxygen atoms in total. The number of nitrogens with zero attached hydrogens (tertiary/aromatic N) is 1. The maximum Gasteiger partial charge on any atom is 0.264 e. The van der Waals surface area contributed by atoms with Gasteiger partial charge in [-0.15, -0.1) is 0 Å². The molecule has 1 aromatic carbocycles. The highest BCUT2D eigenvalue weighted by molar-refractivity contribution is 5.40. The van der Waals surface area contributed by atoms with Crippen molar-refractivity contribution in [2.75, 3.05) is 0 Å². The molecule has 0 heterocycles. The zero-order chi connectivity index (χ0) is 12.3. The molecule has 16 heavy (non-hydrogen) atoms. The molecule has 0 atom stereocenters. The molecule has 0 unspecified atom stereocenters. The first-order chi connectivity index (χ1) is 7.38. The zero-order valence-electron chi connectivity index (χ0n) is 9.72. The molecule has 0 radical (unpaired) electrons. The number of rotatable bonds is 2. The van der Waals surface area contributed by atoms with E-state index >= 15 is 0 Å². The summed E-state index contributed by atoms with van der Waals surface area (Å²) in [6.07, 6.45) is -2.51. The fourth-order valence-corrected chi connectivity index (χ4v) is 1.77. The van der Waals surface area contributed by atoms with Gasteiger partial charge in [0, 0.05) is 11.1 Å². The van der Waals surface area contributed by atoms with Gasteiger partial charge in [0.1, 0.15) is 0 Å². The van der Waals surface area contributed by atoms with Crippen LogP contribution in [0.2, 0.25) is 0 Å². The van der Waals surface area contributed by atoms with Crippen LogP contribution in [-0.4, -0.2) is 0 Å². The van der Waals surface area contributed by atoms with Crippen LogP contribution < -0.4 is 0 Å². The van der Waals surface area contributed by atoms with E-state index in [0.29, 0.717) is 5.56 Å². The van der Waals surface area contributed by atoms with Crippen molar-refractivity contribution in [3.05, 3.63) is 46.3 Å². The minimum atomic E-state index is -2.51. The second kappa shape index (κ2) is 4.61. The summed E-state index contributed by atoms with van der Waals surface area (Å²) >= 11 is 0. The SMILES string of the molecule is [C-]#[N+]Cc1c(C(F)F)cccc1C(C)(C)C. The first-order valence-corrected chi connectivity index (χ1v) is 5.11. The summed E-state index contributed by atoms with van der Waals surface area (Å²) in [7, 11) is 0. The molecule has 0 aliphatic rings. The third kappa shape index (κ3) is 2.57. The van der Waals surface area contributed by atoms with Crippen molar-refractivity contribution in [3.8, 4) is 0 Å². The first-order valence-electron chi connectivity index (χ1n) is 5.11. The molecule has 0 N–H and O–H groups in total. The Morgan fingerprint density at radius 2 is 1.94 bits per heavy atom. The maximum atomic E-state index is 12.8. The third-order valence-electron chi connectivity index (χ3n) is 2.49. The molecule has 0 aromatic heterocycles. The molecule has 86 valence electrons. The maximum absolute atomic E-state index is 12.8. The Morgan fingerprint density at radius 3 is 2.38 bits per heavy atom. The minimum Gasteiger partial charge on any atom is -0.312 e. The van der Waals surface area contributed by atoms with Crippen LogP contribution in [0.5, 0.6) is 0 Å².